The number of rotatable bonds is 4. The molecule has 5 heteroatoms. The van der Waals surface area contributed by atoms with Gasteiger partial charge in [0.25, 0.3) is 0 Å². The van der Waals surface area contributed by atoms with E-state index in [0.29, 0.717) is 11.8 Å². The van der Waals surface area contributed by atoms with Crippen LogP contribution < -0.4 is 4.72 Å². The summed E-state index contributed by atoms with van der Waals surface area (Å²) >= 11 is 5.86. The number of sulfonamides is 1. The zero-order valence-electron chi connectivity index (χ0n) is 9.49. The molecule has 0 heterocycles. The van der Waals surface area contributed by atoms with E-state index in [1.165, 1.54) is 0 Å². The molecule has 1 N–H and O–H groups in total. The number of hydrogen-bond acceptors (Lipinski definition) is 2. The Morgan fingerprint density at radius 2 is 1.75 bits per heavy atom. The average Bonchev–Trinajstić information content (AvgIpc) is 2.86. The SMILES string of the molecule is O=S(=O)(NC1CCCC1CCl)C1CCCC1. The molecule has 16 heavy (non-hydrogen) atoms. The van der Waals surface area contributed by atoms with E-state index in [-0.39, 0.29) is 11.3 Å². The van der Waals surface area contributed by atoms with Gasteiger partial charge in [0.2, 0.25) is 10.0 Å². The molecule has 0 spiro atoms. The van der Waals surface area contributed by atoms with Crippen molar-refractivity contribution in [1.29, 1.82) is 0 Å². The van der Waals surface area contributed by atoms with Gasteiger partial charge in [-0.25, -0.2) is 13.1 Å². The lowest BCUT2D eigenvalue weighted by molar-refractivity contribution is 0.475. The predicted molar refractivity (Wildman–Crippen MR) is 66.2 cm³/mol. The number of halogens is 1. The van der Waals surface area contributed by atoms with Crippen molar-refractivity contribution in [3.63, 3.8) is 0 Å². The molecule has 0 amide bonds. The highest BCUT2D eigenvalue weighted by Gasteiger charge is 2.34. The Labute approximate surface area is 103 Å². The summed E-state index contributed by atoms with van der Waals surface area (Å²) in [6.07, 6.45) is 6.85. The Bertz CT molecular complexity index is 325. The van der Waals surface area contributed by atoms with Gasteiger partial charge >= 0.3 is 0 Å². The molecule has 0 radical (unpaired) electrons. The first-order valence-electron chi connectivity index (χ1n) is 6.20. The first kappa shape index (κ1) is 12.7. The molecule has 0 aliphatic heterocycles. The summed E-state index contributed by atoms with van der Waals surface area (Å²) < 4.78 is 27.1. The van der Waals surface area contributed by atoms with Gasteiger partial charge < -0.3 is 0 Å². The van der Waals surface area contributed by atoms with Crippen molar-refractivity contribution >= 4 is 21.6 Å². The van der Waals surface area contributed by atoms with Crippen LogP contribution >= 0.6 is 11.6 Å². The van der Waals surface area contributed by atoms with E-state index in [1.54, 1.807) is 0 Å². The quantitative estimate of drug-likeness (QED) is 0.793. The van der Waals surface area contributed by atoms with Crippen LogP contribution in [0.5, 0.6) is 0 Å². The van der Waals surface area contributed by atoms with E-state index >= 15 is 0 Å². The van der Waals surface area contributed by atoms with Gasteiger partial charge in [-0.15, -0.1) is 11.6 Å². The van der Waals surface area contributed by atoms with E-state index in [9.17, 15) is 8.42 Å². The molecule has 2 atom stereocenters. The van der Waals surface area contributed by atoms with Crippen LogP contribution in [0.1, 0.15) is 44.9 Å². The third-order valence-corrected chi connectivity index (χ3v) is 6.29. The lowest BCUT2D eigenvalue weighted by Crippen LogP contribution is -2.42. The highest BCUT2D eigenvalue weighted by molar-refractivity contribution is 7.90. The van der Waals surface area contributed by atoms with Gasteiger partial charge in [-0.3, -0.25) is 0 Å². The maximum atomic E-state index is 12.1. The lowest BCUT2D eigenvalue weighted by atomic mass is 10.1. The van der Waals surface area contributed by atoms with E-state index in [0.717, 1.165) is 44.9 Å². The van der Waals surface area contributed by atoms with Crippen molar-refractivity contribution in [1.82, 2.24) is 4.72 Å². The standard InChI is InChI=1S/C11H20ClNO2S/c12-8-9-4-3-7-11(9)13-16(14,15)10-5-1-2-6-10/h9-11,13H,1-8H2. The van der Waals surface area contributed by atoms with E-state index in [4.69, 9.17) is 11.6 Å². The highest BCUT2D eigenvalue weighted by atomic mass is 35.5. The fourth-order valence-corrected chi connectivity index (χ4v) is 5.13. The van der Waals surface area contributed by atoms with E-state index in [2.05, 4.69) is 4.72 Å². The molecule has 94 valence electrons. The molecule has 2 aliphatic carbocycles. The minimum Gasteiger partial charge on any atom is -0.212 e. The van der Waals surface area contributed by atoms with Crippen molar-refractivity contribution in [2.45, 2.75) is 56.2 Å². The molecule has 2 fully saturated rings. The normalized spacial score (nSPS) is 32.3. The highest BCUT2D eigenvalue weighted by Crippen LogP contribution is 2.30. The van der Waals surface area contributed by atoms with Crippen molar-refractivity contribution in [3.8, 4) is 0 Å². The van der Waals surface area contributed by atoms with Gasteiger partial charge in [0.05, 0.1) is 5.25 Å². The van der Waals surface area contributed by atoms with Crippen LogP contribution in [0, 0.1) is 5.92 Å². The van der Waals surface area contributed by atoms with Crippen LogP contribution in [0.25, 0.3) is 0 Å². The van der Waals surface area contributed by atoms with Crippen molar-refractivity contribution in [2.75, 3.05) is 5.88 Å². The molecular weight excluding hydrogens is 246 g/mol. The summed E-state index contributed by atoms with van der Waals surface area (Å²) in [5.41, 5.74) is 0. The summed E-state index contributed by atoms with van der Waals surface area (Å²) in [7, 11) is -3.10. The van der Waals surface area contributed by atoms with Crippen molar-refractivity contribution in [2.24, 2.45) is 5.92 Å². The van der Waals surface area contributed by atoms with Crippen LogP contribution in [-0.4, -0.2) is 25.6 Å². The first-order chi connectivity index (χ1) is 7.63. The smallest absolute Gasteiger partial charge is 0.212 e. The Morgan fingerprint density at radius 1 is 1.06 bits per heavy atom. The second kappa shape index (κ2) is 5.23. The Morgan fingerprint density at radius 3 is 2.38 bits per heavy atom. The van der Waals surface area contributed by atoms with E-state index < -0.39 is 10.0 Å². The third kappa shape index (κ3) is 2.71. The predicted octanol–water partition coefficient (Wildman–Crippen LogP) is 2.26. The Kier molecular flexibility index (Phi) is 4.14. The lowest BCUT2D eigenvalue weighted by Gasteiger charge is -2.21. The maximum Gasteiger partial charge on any atom is 0.214 e. The maximum absolute atomic E-state index is 12.1. The molecule has 0 bridgehead atoms. The Hall–Kier alpha value is 0.200. The average molecular weight is 266 g/mol. The first-order valence-corrected chi connectivity index (χ1v) is 8.28. The van der Waals surface area contributed by atoms with Crippen LogP contribution in [0.3, 0.4) is 0 Å². The number of nitrogens with one attached hydrogen (secondary N) is 1. The summed E-state index contributed by atoms with van der Waals surface area (Å²) in [6, 6.07) is 0.0862. The van der Waals surface area contributed by atoms with Gasteiger partial charge in [0, 0.05) is 11.9 Å². The third-order valence-electron chi connectivity index (χ3n) is 3.91. The molecule has 2 saturated carbocycles. The molecule has 0 aromatic carbocycles. The summed E-state index contributed by atoms with van der Waals surface area (Å²) in [5, 5.41) is -0.149. The molecule has 0 aromatic rings. The molecule has 2 aliphatic rings. The second-order valence-corrected chi connectivity index (χ2v) is 7.32. The topological polar surface area (TPSA) is 46.2 Å². The van der Waals surface area contributed by atoms with Crippen LogP contribution in [0.4, 0.5) is 0 Å². The summed E-state index contributed by atoms with van der Waals surface area (Å²) in [4.78, 5) is 0. The number of hydrogen-bond donors (Lipinski definition) is 1. The molecule has 2 rings (SSSR count). The number of alkyl halides is 1. The van der Waals surface area contributed by atoms with Crippen LogP contribution in [0.15, 0.2) is 0 Å². The molecule has 0 aromatic heterocycles. The largest absolute Gasteiger partial charge is 0.214 e. The van der Waals surface area contributed by atoms with Crippen molar-refractivity contribution in [3.05, 3.63) is 0 Å². The molecule has 0 saturated heterocycles. The second-order valence-electron chi connectivity index (χ2n) is 5.02. The van der Waals surface area contributed by atoms with Gasteiger partial charge in [-0.2, -0.15) is 0 Å². The Balaban J connectivity index is 1.97. The molecule has 3 nitrogen and oxygen atoms in total. The van der Waals surface area contributed by atoms with Crippen LogP contribution in [0.2, 0.25) is 0 Å². The zero-order valence-corrected chi connectivity index (χ0v) is 11.1. The van der Waals surface area contributed by atoms with Crippen LogP contribution in [-0.2, 0) is 10.0 Å². The van der Waals surface area contributed by atoms with Gasteiger partial charge in [0.15, 0.2) is 0 Å². The minimum atomic E-state index is -3.10. The monoisotopic (exact) mass is 265 g/mol. The van der Waals surface area contributed by atoms with Crippen molar-refractivity contribution < 1.29 is 8.42 Å². The molecular formula is C11H20ClNO2S. The molecule has 2 unspecified atom stereocenters. The van der Waals surface area contributed by atoms with Gasteiger partial charge in [-0.1, -0.05) is 19.3 Å². The van der Waals surface area contributed by atoms with Gasteiger partial charge in [-0.05, 0) is 31.6 Å². The van der Waals surface area contributed by atoms with E-state index in [1.807, 2.05) is 0 Å². The van der Waals surface area contributed by atoms with Gasteiger partial charge in [0.1, 0.15) is 0 Å². The fraction of sp³-hybridized carbons (Fsp3) is 1.00. The minimum absolute atomic E-state index is 0.0862. The fourth-order valence-electron chi connectivity index (χ4n) is 2.88. The zero-order chi connectivity index (χ0) is 11.6. The summed E-state index contributed by atoms with van der Waals surface area (Å²) in [5.74, 6) is 0.899. The summed E-state index contributed by atoms with van der Waals surface area (Å²) in [6.45, 7) is 0.